The van der Waals surface area contributed by atoms with Crippen molar-refractivity contribution in [3.8, 4) is 11.5 Å². The fourth-order valence-electron chi connectivity index (χ4n) is 2.88. The van der Waals surface area contributed by atoms with E-state index in [0.29, 0.717) is 18.7 Å². The highest BCUT2D eigenvalue weighted by atomic mass is 32.1. The van der Waals surface area contributed by atoms with E-state index in [-0.39, 0.29) is 5.91 Å². The van der Waals surface area contributed by atoms with Gasteiger partial charge in [0.15, 0.2) is 5.60 Å². The number of carbonyl (C=O) groups excluding carboxylic acids is 1. The van der Waals surface area contributed by atoms with Crippen molar-refractivity contribution in [1.82, 2.24) is 5.32 Å². The van der Waals surface area contributed by atoms with Gasteiger partial charge in [0, 0.05) is 18.5 Å². The molecular weight excluding hydrogens is 298 g/mol. The molecule has 22 heavy (non-hydrogen) atoms. The smallest absolute Gasteiger partial charge is 0.263 e. The van der Waals surface area contributed by atoms with Gasteiger partial charge in [0.2, 0.25) is 0 Å². The number of thiol groups is 1. The van der Waals surface area contributed by atoms with Crippen LogP contribution in [0.3, 0.4) is 0 Å². The van der Waals surface area contributed by atoms with Crippen molar-refractivity contribution in [1.29, 1.82) is 0 Å². The number of aromatic hydroxyl groups is 1. The summed E-state index contributed by atoms with van der Waals surface area (Å²) >= 11 is 4.15. The Labute approximate surface area is 137 Å². The maximum absolute atomic E-state index is 12.4. The summed E-state index contributed by atoms with van der Waals surface area (Å²) in [6.07, 6.45) is 2.18. The lowest BCUT2D eigenvalue weighted by atomic mass is 9.86. The number of benzene rings is 1. The number of hydrogen-bond acceptors (Lipinski definition) is 4. The first-order valence-corrected chi connectivity index (χ1v) is 8.35. The third-order valence-electron chi connectivity index (χ3n) is 4.62. The van der Waals surface area contributed by atoms with Gasteiger partial charge in [-0.3, -0.25) is 4.79 Å². The summed E-state index contributed by atoms with van der Waals surface area (Å²) in [4.78, 5) is 12.4. The Balaban J connectivity index is 2.29. The van der Waals surface area contributed by atoms with E-state index >= 15 is 0 Å². The minimum Gasteiger partial charge on any atom is -0.507 e. The molecule has 0 radical (unpaired) electrons. The van der Waals surface area contributed by atoms with Crippen molar-refractivity contribution in [3.63, 3.8) is 0 Å². The molecule has 0 fully saturated rings. The fourth-order valence-corrected chi connectivity index (χ4v) is 3.03. The molecule has 2 N–H and O–H groups in total. The van der Waals surface area contributed by atoms with Gasteiger partial charge < -0.3 is 15.2 Å². The molecule has 2 rings (SSSR count). The molecule has 1 heterocycles. The molecule has 0 bridgehead atoms. The van der Waals surface area contributed by atoms with Crippen molar-refractivity contribution < 1.29 is 14.6 Å². The Morgan fingerprint density at radius 1 is 1.32 bits per heavy atom. The Hall–Kier alpha value is -1.36. The SMILES string of the molecule is Cc1c(C)c2c(c(C)c1O)CCC(C)(C(=O)NCCCS)O2. The van der Waals surface area contributed by atoms with Crippen molar-refractivity contribution in [2.45, 2.75) is 52.6 Å². The molecule has 5 heteroatoms. The van der Waals surface area contributed by atoms with Gasteiger partial charge in [0.05, 0.1) is 0 Å². The van der Waals surface area contributed by atoms with Crippen LogP contribution in [0.2, 0.25) is 0 Å². The molecule has 1 aliphatic heterocycles. The first kappa shape index (κ1) is 17.0. The Morgan fingerprint density at radius 3 is 2.64 bits per heavy atom. The average molecular weight is 323 g/mol. The van der Waals surface area contributed by atoms with Crippen LogP contribution in [-0.4, -0.2) is 28.9 Å². The van der Waals surface area contributed by atoms with Crippen LogP contribution in [0.15, 0.2) is 0 Å². The maximum atomic E-state index is 12.4. The van der Waals surface area contributed by atoms with Gasteiger partial charge in [-0.15, -0.1) is 0 Å². The summed E-state index contributed by atoms with van der Waals surface area (Å²) in [5.74, 6) is 1.76. The lowest BCUT2D eigenvalue weighted by molar-refractivity contribution is -0.136. The zero-order chi connectivity index (χ0) is 16.5. The van der Waals surface area contributed by atoms with Gasteiger partial charge in [0.1, 0.15) is 11.5 Å². The van der Waals surface area contributed by atoms with E-state index in [9.17, 15) is 9.90 Å². The van der Waals surface area contributed by atoms with Crippen LogP contribution in [-0.2, 0) is 11.2 Å². The van der Waals surface area contributed by atoms with Crippen LogP contribution in [0.5, 0.6) is 11.5 Å². The van der Waals surface area contributed by atoms with Crippen LogP contribution >= 0.6 is 12.6 Å². The molecule has 1 aromatic carbocycles. The van der Waals surface area contributed by atoms with E-state index in [1.807, 2.05) is 27.7 Å². The zero-order valence-electron chi connectivity index (χ0n) is 13.7. The van der Waals surface area contributed by atoms with E-state index in [1.165, 1.54) is 0 Å². The molecular formula is C17H25NO3S. The highest BCUT2D eigenvalue weighted by molar-refractivity contribution is 7.80. The van der Waals surface area contributed by atoms with Crippen LogP contribution in [0.25, 0.3) is 0 Å². The number of rotatable bonds is 4. The number of phenols is 1. The van der Waals surface area contributed by atoms with E-state index in [4.69, 9.17) is 4.74 Å². The molecule has 0 saturated heterocycles. The summed E-state index contributed by atoms with van der Waals surface area (Å²) in [6.45, 7) is 8.15. The zero-order valence-corrected chi connectivity index (χ0v) is 14.6. The van der Waals surface area contributed by atoms with Crippen molar-refractivity contribution in [3.05, 3.63) is 22.3 Å². The van der Waals surface area contributed by atoms with E-state index < -0.39 is 5.60 Å². The minimum absolute atomic E-state index is 0.0808. The molecule has 1 atom stereocenters. The van der Waals surface area contributed by atoms with Crippen LogP contribution in [0.1, 0.15) is 42.0 Å². The largest absolute Gasteiger partial charge is 0.507 e. The number of carbonyl (C=O) groups is 1. The fraction of sp³-hybridized carbons (Fsp3) is 0.588. The molecule has 4 nitrogen and oxygen atoms in total. The molecule has 122 valence electrons. The number of phenolic OH excluding ortho intramolecular Hbond substituents is 1. The normalized spacial score (nSPS) is 20.2. The Bertz CT molecular complexity index is 600. The number of nitrogens with one attached hydrogen (secondary N) is 1. The van der Waals surface area contributed by atoms with Crippen molar-refractivity contribution in [2.75, 3.05) is 12.3 Å². The summed E-state index contributed by atoms with van der Waals surface area (Å²) in [5, 5.41) is 13.1. The first-order chi connectivity index (χ1) is 10.3. The topological polar surface area (TPSA) is 58.6 Å². The molecule has 1 aliphatic rings. The summed E-state index contributed by atoms with van der Waals surface area (Å²) in [7, 11) is 0. The molecule has 0 aromatic heterocycles. The van der Waals surface area contributed by atoms with Gasteiger partial charge in [0.25, 0.3) is 5.91 Å². The quantitative estimate of drug-likeness (QED) is 0.590. The molecule has 0 aliphatic carbocycles. The Kier molecular flexibility index (Phi) is 4.95. The molecule has 1 aromatic rings. The van der Waals surface area contributed by atoms with Crippen molar-refractivity contribution >= 4 is 18.5 Å². The monoisotopic (exact) mass is 323 g/mol. The van der Waals surface area contributed by atoms with Crippen LogP contribution in [0.4, 0.5) is 0 Å². The predicted octanol–water partition coefficient (Wildman–Crippen LogP) is 2.84. The van der Waals surface area contributed by atoms with Crippen LogP contribution in [0, 0.1) is 20.8 Å². The lowest BCUT2D eigenvalue weighted by Gasteiger charge is -2.36. The predicted molar refractivity (Wildman–Crippen MR) is 91.2 cm³/mol. The van der Waals surface area contributed by atoms with Crippen LogP contribution < -0.4 is 10.1 Å². The molecule has 1 unspecified atom stereocenters. The first-order valence-electron chi connectivity index (χ1n) is 7.71. The van der Waals surface area contributed by atoms with Gasteiger partial charge in [-0.05, 0) is 63.0 Å². The average Bonchev–Trinajstić information content (AvgIpc) is 2.51. The summed E-state index contributed by atoms with van der Waals surface area (Å²) in [5.41, 5.74) is 2.74. The van der Waals surface area contributed by atoms with Crippen molar-refractivity contribution in [2.24, 2.45) is 0 Å². The second kappa shape index (κ2) is 6.41. The second-order valence-electron chi connectivity index (χ2n) is 6.20. The number of hydrogen-bond donors (Lipinski definition) is 3. The standard InChI is InChI=1S/C17H25NO3S/c1-10-11(2)15-13(12(3)14(10)19)6-7-17(4,21-15)16(20)18-8-5-9-22/h19,22H,5-9H2,1-4H3,(H,18,20). The summed E-state index contributed by atoms with van der Waals surface area (Å²) in [6, 6.07) is 0. The third-order valence-corrected chi connectivity index (χ3v) is 4.94. The maximum Gasteiger partial charge on any atom is 0.263 e. The highest BCUT2D eigenvalue weighted by Gasteiger charge is 2.40. The van der Waals surface area contributed by atoms with Gasteiger partial charge in [-0.2, -0.15) is 12.6 Å². The van der Waals surface area contributed by atoms with Gasteiger partial charge in [-0.25, -0.2) is 0 Å². The molecule has 1 amide bonds. The summed E-state index contributed by atoms with van der Waals surface area (Å²) < 4.78 is 6.12. The molecule has 0 spiro atoms. The third kappa shape index (κ3) is 2.91. The number of amides is 1. The van der Waals surface area contributed by atoms with E-state index in [2.05, 4.69) is 17.9 Å². The van der Waals surface area contributed by atoms with Gasteiger partial charge in [-0.1, -0.05) is 0 Å². The number of ether oxygens (including phenoxy) is 1. The lowest BCUT2D eigenvalue weighted by Crippen LogP contribution is -2.51. The second-order valence-corrected chi connectivity index (χ2v) is 6.64. The molecule has 0 saturated carbocycles. The van der Waals surface area contributed by atoms with E-state index in [1.54, 1.807) is 0 Å². The minimum atomic E-state index is -0.857. The number of fused-ring (bicyclic) bond motifs is 1. The van der Waals surface area contributed by atoms with Gasteiger partial charge >= 0.3 is 0 Å². The van der Waals surface area contributed by atoms with E-state index in [0.717, 1.165) is 46.6 Å². The highest BCUT2D eigenvalue weighted by Crippen LogP contribution is 2.43. The Morgan fingerprint density at radius 2 is 2.00 bits per heavy atom.